The van der Waals surface area contributed by atoms with Crippen LogP contribution < -0.4 is 10.5 Å². The summed E-state index contributed by atoms with van der Waals surface area (Å²) in [4.78, 5) is 4.28. The van der Waals surface area contributed by atoms with Crippen molar-refractivity contribution in [2.24, 2.45) is 7.05 Å². The summed E-state index contributed by atoms with van der Waals surface area (Å²) in [5, 5.41) is 4.30. The number of rotatable bonds is 4. The van der Waals surface area contributed by atoms with E-state index in [0.29, 0.717) is 22.8 Å². The molecule has 136 valence electrons. The van der Waals surface area contributed by atoms with Crippen LogP contribution in [0.3, 0.4) is 0 Å². The Balaban J connectivity index is 2.12. The van der Waals surface area contributed by atoms with E-state index in [1.807, 2.05) is 0 Å². The third-order valence-electron chi connectivity index (χ3n) is 3.86. The first kappa shape index (κ1) is 17.9. The van der Waals surface area contributed by atoms with Crippen LogP contribution in [-0.2, 0) is 16.9 Å². The zero-order valence-corrected chi connectivity index (χ0v) is 15.2. The second-order valence-corrected chi connectivity index (χ2v) is 7.74. The molecule has 2 aromatic carbocycles. The number of methoxy groups -OCH3 is 1. The van der Waals surface area contributed by atoms with E-state index in [1.165, 1.54) is 23.9 Å². The Morgan fingerprint density at radius 1 is 1.19 bits per heavy atom. The number of ether oxygens (including phenoxy) is 1. The van der Waals surface area contributed by atoms with Crippen molar-refractivity contribution in [2.75, 3.05) is 19.1 Å². The highest BCUT2D eigenvalue weighted by Gasteiger charge is 2.19. The van der Waals surface area contributed by atoms with Gasteiger partial charge in [-0.3, -0.25) is 0 Å². The van der Waals surface area contributed by atoms with E-state index in [0.717, 1.165) is 12.3 Å². The highest BCUT2D eigenvalue weighted by atomic mass is 32.2. The Labute approximate surface area is 150 Å². The van der Waals surface area contributed by atoms with Gasteiger partial charge in [0.05, 0.1) is 28.8 Å². The van der Waals surface area contributed by atoms with Gasteiger partial charge < -0.3 is 10.5 Å². The van der Waals surface area contributed by atoms with Gasteiger partial charge in [-0.05, 0) is 30.3 Å². The highest BCUT2D eigenvalue weighted by molar-refractivity contribution is 7.90. The Hall–Kier alpha value is -2.94. The van der Waals surface area contributed by atoms with Crippen molar-refractivity contribution in [2.45, 2.75) is 4.90 Å². The number of halogens is 1. The standard InChI is InChI=1S/C17H17FN4O3S/c1-22-17(11-8-7-10(9-13(11)18)26(3,23)24)20-16(21-22)12-5-4-6-14(19)15(12)25-2/h4-9H,19H2,1-3H3. The fraction of sp³-hybridized carbons (Fsp3) is 0.176. The maximum atomic E-state index is 14.5. The lowest BCUT2D eigenvalue weighted by Gasteiger charge is -2.07. The van der Waals surface area contributed by atoms with Crippen molar-refractivity contribution in [3.63, 3.8) is 0 Å². The fourth-order valence-electron chi connectivity index (χ4n) is 2.60. The molecule has 7 nitrogen and oxygen atoms in total. The van der Waals surface area contributed by atoms with E-state index in [2.05, 4.69) is 10.1 Å². The fourth-order valence-corrected chi connectivity index (χ4v) is 3.23. The zero-order chi connectivity index (χ0) is 19.1. The first-order chi connectivity index (χ1) is 12.2. The van der Waals surface area contributed by atoms with Gasteiger partial charge in [0, 0.05) is 13.3 Å². The second kappa shape index (κ2) is 6.41. The maximum Gasteiger partial charge on any atom is 0.185 e. The van der Waals surface area contributed by atoms with Crippen LogP contribution in [0.5, 0.6) is 5.75 Å². The summed E-state index contributed by atoms with van der Waals surface area (Å²) in [5.41, 5.74) is 7.05. The minimum atomic E-state index is -3.50. The predicted octanol–water partition coefficient (Wildman–Crippen LogP) is 2.28. The Kier molecular flexibility index (Phi) is 4.41. The Morgan fingerprint density at radius 3 is 2.54 bits per heavy atom. The number of anilines is 1. The van der Waals surface area contributed by atoms with Gasteiger partial charge in [0.25, 0.3) is 0 Å². The third kappa shape index (κ3) is 3.13. The molecule has 1 heterocycles. The number of nitrogen functional groups attached to an aromatic ring is 1. The summed E-state index contributed by atoms with van der Waals surface area (Å²) < 4.78 is 44.3. The van der Waals surface area contributed by atoms with Crippen LogP contribution in [0.1, 0.15) is 0 Å². The molecule has 0 unspecified atom stereocenters. The summed E-state index contributed by atoms with van der Waals surface area (Å²) in [6, 6.07) is 8.86. The van der Waals surface area contributed by atoms with Crippen molar-refractivity contribution in [1.29, 1.82) is 0 Å². The van der Waals surface area contributed by atoms with Gasteiger partial charge in [-0.1, -0.05) is 6.07 Å². The first-order valence-corrected chi connectivity index (χ1v) is 9.45. The van der Waals surface area contributed by atoms with Crippen molar-refractivity contribution >= 4 is 15.5 Å². The number of para-hydroxylation sites is 1. The summed E-state index contributed by atoms with van der Waals surface area (Å²) in [7, 11) is -0.391. The minimum Gasteiger partial charge on any atom is -0.494 e. The quantitative estimate of drug-likeness (QED) is 0.701. The van der Waals surface area contributed by atoms with Crippen LogP contribution in [-0.4, -0.2) is 36.5 Å². The van der Waals surface area contributed by atoms with Gasteiger partial charge >= 0.3 is 0 Å². The Bertz CT molecular complexity index is 1090. The lowest BCUT2D eigenvalue weighted by Crippen LogP contribution is -2.01. The Morgan fingerprint density at radius 2 is 1.92 bits per heavy atom. The molecule has 9 heteroatoms. The highest BCUT2D eigenvalue weighted by Crippen LogP contribution is 2.34. The van der Waals surface area contributed by atoms with Crippen LogP contribution in [0.15, 0.2) is 41.3 Å². The molecule has 3 rings (SSSR count). The van der Waals surface area contributed by atoms with Gasteiger partial charge in [-0.15, -0.1) is 0 Å². The number of sulfone groups is 1. The SMILES string of the molecule is COc1c(N)cccc1-c1nc(-c2ccc(S(C)(=O)=O)cc2F)n(C)n1. The molecular weight excluding hydrogens is 359 g/mol. The molecule has 0 amide bonds. The van der Waals surface area contributed by atoms with E-state index in [9.17, 15) is 12.8 Å². The van der Waals surface area contributed by atoms with E-state index >= 15 is 0 Å². The predicted molar refractivity (Wildman–Crippen MR) is 95.9 cm³/mol. The molecule has 2 N–H and O–H groups in total. The minimum absolute atomic E-state index is 0.0985. The molecule has 1 aromatic heterocycles. The average molecular weight is 376 g/mol. The monoisotopic (exact) mass is 376 g/mol. The molecule has 0 fully saturated rings. The van der Waals surface area contributed by atoms with E-state index in [1.54, 1.807) is 25.2 Å². The molecule has 3 aromatic rings. The van der Waals surface area contributed by atoms with Crippen LogP contribution >= 0.6 is 0 Å². The number of benzene rings is 2. The smallest absolute Gasteiger partial charge is 0.185 e. The van der Waals surface area contributed by atoms with Gasteiger partial charge in [0.2, 0.25) is 0 Å². The second-order valence-electron chi connectivity index (χ2n) is 5.72. The van der Waals surface area contributed by atoms with Crippen molar-refractivity contribution < 1.29 is 17.5 Å². The summed E-state index contributed by atoms with van der Waals surface area (Å²) >= 11 is 0. The molecule has 0 atom stereocenters. The van der Waals surface area contributed by atoms with Gasteiger partial charge in [0.15, 0.2) is 27.2 Å². The molecule has 0 spiro atoms. The molecule has 0 bridgehead atoms. The number of nitrogens with two attached hydrogens (primary N) is 1. The number of nitrogens with zero attached hydrogens (tertiary/aromatic N) is 3. The summed E-state index contributed by atoms with van der Waals surface area (Å²) in [6.07, 6.45) is 1.02. The van der Waals surface area contributed by atoms with Crippen LogP contribution in [0.2, 0.25) is 0 Å². The summed E-state index contributed by atoms with van der Waals surface area (Å²) in [5.74, 6) is 0.298. The number of hydrogen-bond acceptors (Lipinski definition) is 6. The molecule has 26 heavy (non-hydrogen) atoms. The van der Waals surface area contributed by atoms with E-state index in [-0.39, 0.29) is 16.3 Å². The third-order valence-corrected chi connectivity index (χ3v) is 4.97. The number of aromatic nitrogens is 3. The number of aryl methyl sites for hydroxylation is 1. The summed E-state index contributed by atoms with van der Waals surface area (Å²) in [6.45, 7) is 0. The van der Waals surface area contributed by atoms with Gasteiger partial charge in [-0.2, -0.15) is 5.10 Å². The normalized spacial score (nSPS) is 11.5. The van der Waals surface area contributed by atoms with Crippen LogP contribution in [0.25, 0.3) is 22.8 Å². The molecule has 0 aliphatic rings. The van der Waals surface area contributed by atoms with Crippen LogP contribution in [0.4, 0.5) is 10.1 Å². The van der Waals surface area contributed by atoms with Crippen molar-refractivity contribution in [3.8, 4) is 28.5 Å². The average Bonchev–Trinajstić information content (AvgIpc) is 2.95. The zero-order valence-electron chi connectivity index (χ0n) is 14.4. The van der Waals surface area contributed by atoms with E-state index < -0.39 is 15.7 Å². The lowest BCUT2D eigenvalue weighted by molar-refractivity contribution is 0.418. The largest absolute Gasteiger partial charge is 0.494 e. The molecule has 0 aliphatic heterocycles. The topological polar surface area (TPSA) is 100 Å². The first-order valence-electron chi connectivity index (χ1n) is 7.56. The molecule has 0 saturated heterocycles. The van der Waals surface area contributed by atoms with Crippen molar-refractivity contribution in [1.82, 2.24) is 14.8 Å². The van der Waals surface area contributed by atoms with Gasteiger partial charge in [-0.25, -0.2) is 22.5 Å². The van der Waals surface area contributed by atoms with Gasteiger partial charge in [0.1, 0.15) is 5.82 Å². The molecular formula is C17H17FN4O3S. The molecule has 0 radical (unpaired) electrons. The molecule has 0 saturated carbocycles. The van der Waals surface area contributed by atoms with Crippen molar-refractivity contribution in [3.05, 3.63) is 42.2 Å². The number of hydrogen-bond donors (Lipinski definition) is 1. The molecule has 0 aliphatic carbocycles. The lowest BCUT2D eigenvalue weighted by atomic mass is 10.1. The van der Waals surface area contributed by atoms with Crippen LogP contribution in [0, 0.1) is 5.82 Å². The maximum absolute atomic E-state index is 14.5. The van der Waals surface area contributed by atoms with E-state index in [4.69, 9.17) is 10.5 Å².